The third kappa shape index (κ3) is 2.86. The number of halogens is 1. The Morgan fingerprint density at radius 1 is 1.13 bits per heavy atom. The van der Waals surface area contributed by atoms with Gasteiger partial charge in [0, 0.05) is 17.3 Å². The van der Waals surface area contributed by atoms with Gasteiger partial charge in [-0.05, 0) is 55.0 Å². The van der Waals surface area contributed by atoms with E-state index in [1.807, 2.05) is 6.33 Å². The molecule has 0 N–H and O–H groups in total. The second-order valence-electron chi connectivity index (χ2n) is 6.28. The summed E-state index contributed by atoms with van der Waals surface area (Å²) in [4.78, 5) is 9.45. The number of hydrogen-bond donors (Lipinski definition) is 0. The van der Waals surface area contributed by atoms with Gasteiger partial charge in [0.05, 0.1) is 0 Å². The Morgan fingerprint density at radius 2 is 1.83 bits per heavy atom. The molecule has 0 fully saturated rings. The average Bonchev–Trinajstić information content (AvgIpc) is 2.92. The molecule has 0 aliphatic heterocycles. The molecule has 0 saturated carbocycles. The fraction of sp³-hybridized carbons (Fsp3) is 0.368. The minimum absolute atomic E-state index is 0.451. The van der Waals surface area contributed by atoms with Crippen molar-refractivity contribution in [2.75, 3.05) is 5.88 Å². The minimum Gasteiger partial charge on any atom is -0.283 e. The van der Waals surface area contributed by atoms with Crippen molar-refractivity contribution >= 4 is 22.8 Å². The molecule has 0 unspecified atom stereocenters. The number of alkyl halides is 1. The lowest BCUT2D eigenvalue weighted by atomic mass is 9.96. The van der Waals surface area contributed by atoms with Gasteiger partial charge in [-0.2, -0.15) is 0 Å². The number of benzene rings is 1. The van der Waals surface area contributed by atoms with E-state index in [0.717, 1.165) is 29.0 Å². The lowest BCUT2D eigenvalue weighted by molar-refractivity contribution is 0.836. The maximum Gasteiger partial charge on any atom is 0.165 e. The number of aromatic nitrogens is 3. The molecule has 0 bridgehead atoms. The Bertz CT molecular complexity index is 832. The molecule has 0 amide bonds. The predicted octanol–water partition coefficient (Wildman–Crippen LogP) is 4.94. The van der Waals surface area contributed by atoms with Gasteiger partial charge in [-0.15, -0.1) is 11.6 Å². The number of hydrogen-bond acceptors (Lipinski definition) is 2. The monoisotopic (exact) mass is 327 g/mol. The van der Waals surface area contributed by atoms with Crippen LogP contribution in [0.5, 0.6) is 0 Å². The molecule has 0 radical (unpaired) electrons. The van der Waals surface area contributed by atoms with E-state index in [9.17, 15) is 0 Å². The average molecular weight is 328 g/mol. The van der Waals surface area contributed by atoms with Crippen LogP contribution in [0.15, 0.2) is 30.6 Å². The summed E-state index contributed by atoms with van der Waals surface area (Å²) in [5.41, 5.74) is 7.87. The standard InChI is InChI=1S/C19H22ClN3/c1-12(2)17-13(3)18-19(22-14(17)4)23(11-21-18)16-7-5-15(6-8-16)9-10-20/h5-8,11-12H,9-10H2,1-4H3. The molecular weight excluding hydrogens is 306 g/mol. The molecule has 2 heterocycles. The van der Waals surface area contributed by atoms with Crippen LogP contribution >= 0.6 is 11.6 Å². The van der Waals surface area contributed by atoms with Gasteiger partial charge < -0.3 is 0 Å². The van der Waals surface area contributed by atoms with Crippen molar-refractivity contribution in [3.63, 3.8) is 0 Å². The molecule has 3 rings (SSSR count). The smallest absolute Gasteiger partial charge is 0.165 e. The van der Waals surface area contributed by atoms with Crippen LogP contribution in [-0.4, -0.2) is 20.4 Å². The highest BCUT2D eigenvalue weighted by Crippen LogP contribution is 2.28. The third-order valence-corrected chi connectivity index (χ3v) is 4.53. The van der Waals surface area contributed by atoms with Gasteiger partial charge in [0.15, 0.2) is 5.65 Å². The molecule has 0 aliphatic carbocycles. The summed E-state index contributed by atoms with van der Waals surface area (Å²) in [5.74, 6) is 1.09. The van der Waals surface area contributed by atoms with Crippen LogP contribution in [0, 0.1) is 13.8 Å². The van der Waals surface area contributed by atoms with E-state index in [1.54, 1.807) is 0 Å². The molecule has 0 atom stereocenters. The zero-order valence-corrected chi connectivity index (χ0v) is 14.9. The molecule has 3 aromatic rings. The number of aryl methyl sites for hydroxylation is 3. The summed E-state index contributed by atoms with van der Waals surface area (Å²) in [7, 11) is 0. The summed E-state index contributed by atoms with van der Waals surface area (Å²) in [6.07, 6.45) is 2.76. The molecule has 4 heteroatoms. The van der Waals surface area contributed by atoms with Crippen molar-refractivity contribution in [2.45, 2.75) is 40.0 Å². The van der Waals surface area contributed by atoms with Gasteiger partial charge in [0.25, 0.3) is 0 Å². The first-order chi connectivity index (χ1) is 11.0. The molecule has 1 aromatic carbocycles. The van der Waals surface area contributed by atoms with E-state index in [0.29, 0.717) is 11.8 Å². The van der Waals surface area contributed by atoms with Crippen LogP contribution in [0.2, 0.25) is 0 Å². The van der Waals surface area contributed by atoms with Gasteiger partial charge in [0.1, 0.15) is 11.8 Å². The van der Waals surface area contributed by atoms with E-state index >= 15 is 0 Å². The van der Waals surface area contributed by atoms with Gasteiger partial charge in [0.2, 0.25) is 0 Å². The molecule has 120 valence electrons. The minimum atomic E-state index is 0.451. The largest absolute Gasteiger partial charge is 0.283 e. The van der Waals surface area contributed by atoms with Crippen LogP contribution in [-0.2, 0) is 6.42 Å². The summed E-state index contributed by atoms with van der Waals surface area (Å²) < 4.78 is 2.06. The highest BCUT2D eigenvalue weighted by molar-refractivity contribution is 6.17. The van der Waals surface area contributed by atoms with Gasteiger partial charge in [-0.3, -0.25) is 4.57 Å². The van der Waals surface area contributed by atoms with Gasteiger partial charge >= 0.3 is 0 Å². The summed E-state index contributed by atoms with van der Waals surface area (Å²) in [6.45, 7) is 8.64. The number of nitrogens with zero attached hydrogens (tertiary/aromatic N) is 3. The van der Waals surface area contributed by atoms with Crippen molar-refractivity contribution in [1.29, 1.82) is 0 Å². The summed E-state index contributed by atoms with van der Waals surface area (Å²) in [5, 5.41) is 0. The molecule has 0 aliphatic rings. The highest BCUT2D eigenvalue weighted by atomic mass is 35.5. The first kappa shape index (κ1) is 16.0. The SMILES string of the molecule is Cc1nc2c(ncn2-c2ccc(CCCl)cc2)c(C)c1C(C)C. The van der Waals surface area contributed by atoms with Gasteiger partial charge in [-0.25, -0.2) is 9.97 Å². The zero-order chi connectivity index (χ0) is 16.6. The molecule has 2 aromatic heterocycles. The highest BCUT2D eigenvalue weighted by Gasteiger charge is 2.16. The molecule has 0 saturated heterocycles. The van der Waals surface area contributed by atoms with E-state index in [2.05, 4.69) is 61.5 Å². The summed E-state index contributed by atoms with van der Waals surface area (Å²) in [6, 6.07) is 8.44. The zero-order valence-electron chi connectivity index (χ0n) is 14.1. The lowest BCUT2D eigenvalue weighted by Crippen LogP contribution is -2.02. The van der Waals surface area contributed by atoms with Crippen molar-refractivity contribution < 1.29 is 0 Å². The van der Waals surface area contributed by atoms with Crippen molar-refractivity contribution in [2.24, 2.45) is 0 Å². The second-order valence-corrected chi connectivity index (χ2v) is 6.66. The Balaban J connectivity index is 2.12. The molecule has 3 nitrogen and oxygen atoms in total. The number of pyridine rings is 1. The Labute approximate surface area is 142 Å². The topological polar surface area (TPSA) is 30.7 Å². The summed E-state index contributed by atoms with van der Waals surface area (Å²) >= 11 is 5.80. The lowest BCUT2D eigenvalue weighted by Gasteiger charge is -2.14. The predicted molar refractivity (Wildman–Crippen MR) is 96.9 cm³/mol. The number of fused-ring (bicyclic) bond motifs is 1. The van der Waals surface area contributed by atoms with Crippen molar-refractivity contribution in [3.05, 3.63) is 53.0 Å². The molecule has 0 spiro atoms. The second kappa shape index (κ2) is 6.32. The van der Waals surface area contributed by atoms with E-state index in [4.69, 9.17) is 16.6 Å². The van der Waals surface area contributed by atoms with Crippen LogP contribution in [0.3, 0.4) is 0 Å². The normalized spacial score (nSPS) is 11.6. The first-order valence-electron chi connectivity index (χ1n) is 8.02. The fourth-order valence-electron chi connectivity index (χ4n) is 3.30. The maximum atomic E-state index is 5.80. The van der Waals surface area contributed by atoms with Gasteiger partial charge in [-0.1, -0.05) is 26.0 Å². The van der Waals surface area contributed by atoms with E-state index < -0.39 is 0 Å². The Kier molecular flexibility index (Phi) is 4.40. The van der Waals surface area contributed by atoms with Crippen LogP contribution < -0.4 is 0 Å². The van der Waals surface area contributed by atoms with Crippen molar-refractivity contribution in [3.8, 4) is 5.69 Å². The van der Waals surface area contributed by atoms with Crippen LogP contribution in [0.1, 0.15) is 42.1 Å². The van der Waals surface area contributed by atoms with Crippen LogP contribution in [0.25, 0.3) is 16.9 Å². The fourth-order valence-corrected chi connectivity index (χ4v) is 3.52. The van der Waals surface area contributed by atoms with E-state index in [-0.39, 0.29) is 0 Å². The molecule has 23 heavy (non-hydrogen) atoms. The third-order valence-electron chi connectivity index (χ3n) is 4.34. The first-order valence-corrected chi connectivity index (χ1v) is 8.55. The van der Waals surface area contributed by atoms with Crippen LogP contribution in [0.4, 0.5) is 0 Å². The Morgan fingerprint density at radius 3 is 2.43 bits per heavy atom. The number of rotatable bonds is 4. The van der Waals surface area contributed by atoms with E-state index in [1.165, 1.54) is 16.7 Å². The quantitative estimate of drug-likeness (QED) is 0.635. The van der Waals surface area contributed by atoms with Crippen molar-refractivity contribution in [1.82, 2.24) is 14.5 Å². The maximum absolute atomic E-state index is 5.80. The molecular formula is C19H22ClN3. The number of imidazole rings is 1. The Hall–Kier alpha value is -1.87.